The van der Waals surface area contributed by atoms with Crippen LogP contribution < -0.4 is 17.0 Å². The van der Waals surface area contributed by atoms with E-state index in [1.807, 2.05) is 0 Å². The summed E-state index contributed by atoms with van der Waals surface area (Å²) in [5, 5.41) is 14.7. The lowest BCUT2D eigenvalue weighted by atomic mass is 10.3. The van der Waals surface area contributed by atoms with E-state index >= 15 is 0 Å². The molecule has 2 aromatic heterocycles. The van der Waals surface area contributed by atoms with E-state index in [4.69, 9.17) is 11.6 Å². The summed E-state index contributed by atoms with van der Waals surface area (Å²) in [7, 11) is 0. The van der Waals surface area contributed by atoms with Gasteiger partial charge in [0.1, 0.15) is 5.82 Å². The highest BCUT2D eigenvalue weighted by atomic mass is 16.6. The molecule has 10 nitrogen and oxygen atoms in total. The topological polar surface area (TPSA) is 155 Å². The van der Waals surface area contributed by atoms with Crippen molar-refractivity contribution >= 4 is 17.4 Å². The summed E-state index contributed by atoms with van der Waals surface area (Å²) in [6, 6.07) is 2.57. The van der Waals surface area contributed by atoms with Crippen LogP contribution in [0.2, 0.25) is 0 Å². The van der Waals surface area contributed by atoms with E-state index in [1.165, 1.54) is 24.5 Å². The molecule has 98 valence electrons. The van der Waals surface area contributed by atoms with E-state index in [0.29, 0.717) is 0 Å². The zero-order valence-electron chi connectivity index (χ0n) is 9.48. The predicted octanol–water partition coefficient (Wildman–Crippen LogP) is -0.440. The monoisotopic (exact) mass is 263 g/mol. The standard InChI is InChI=1S/C9H9N7O3/c10-8(17)5-3-12-15(4-5)9-6(16(18)19)1-2-7(13-9)14-11/h1-4H,11H2,(H2,10,17)(H,13,14). The number of nitrogens with two attached hydrogens (primary N) is 2. The van der Waals surface area contributed by atoms with Crippen molar-refractivity contribution in [2.45, 2.75) is 0 Å². The maximum absolute atomic E-state index is 11.0. The minimum atomic E-state index is -0.693. The van der Waals surface area contributed by atoms with Gasteiger partial charge >= 0.3 is 5.69 Å². The van der Waals surface area contributed by atoms with Crippen molar-refractivity contribution in [3.63, 3.8) is 0 Å². The molecule has 5 N–H and O–H groups in total. The number of carbonyl (C=O) groups is 1. The van der Waals surface area contributed by atoms with E-state index in [-0.39, 0.29) is 22.9 Å². The third-order valence-corrected chi connectivity index (χ3v) is 2.28. The molecule has 0 bridgehead atoms. The molecule has 0 aliphatic carbocycles. The van der Waals surface area contributed by atoms with Gasteiger partial charge in [0, 0.05) is 12.3 Å². The molecular formula is C9H9N7O3. The van der Waals surface area contributed by atoms with Crippen LogP contribution in [0.15, 0.2) is 24.5 Å². The Morgan fingerprint density at radius 3 is 2.74 bits per heavy atom. The molecule has 0 saturated carbocycles. The lowest BCUT2D eigenvalue weighted by Crippen LogP contribution is -2.12. The number of hydrazine groups is 1. The van der Waals surface area contributed by atoms with Gasteiger partial charge < -0.3 is 11.2 Å². The van der Waals surface area contributed by atoms with Gasteiger partial charge in [0.2, 0.25) is 5.82 Å². The second-order valence-electron chi connectivity index (χ2n) is 3.48. The zero-order chi connectivity index (χ0) is 14.0. The number of aromatic nitrogens is 3. The maximum Gasteiger partial charge on any atom is 0.313 e. The van der Waals surface area contributed by atoms with Crippen molar-refractivity contribution in [3.05, 3.63) is 40.2 Å². The molecule has 0 fully saturated rings. The van der Waals surface area contributed by atoms with Crippen LogP contribution in [0, 0.1) is 10.1 Å². The van der Waals surface area contributed by atoms with Gasteiger partial charge in [-0.3, -0.25) is 14.9 Å². The Bertz CT molecular complexity index is 651. The van der Waals surface area contributed by atoms with Gasteiger partial charge in [-0.1, -0.05) is 0 Å². The average molecular weight is 263 g/mol. The van der Waals surface area contributed by atoms with Crippen LogP contribution in [-0.4, -0.2) is 25.6 Å². The summed E-state index contributed by atoms with van der Waals surface area (Å²) >= 11 is 0. The molecule has 0 aromatic carbocycles. The van der Waals surface area contributed by atoms with Crippen LogP contribution in [-0.2, 0) is 0 Å². The zero-order valence-corrected chi connectivity index (χ0v) is 9.48. The van der Waals surface area contributed by atoms with Crippen molar-refractivity contribution in [2.24, 2.45) is 11.6 Å². The number of nitrogens with one attached hydrogen (secondary N) is 1. The van der Waals surface area contributed by atoms with Crippen LogP contribution in [0.1, 0.15) is 10.4 Å². The molecule has 0 spiro atoms. The highest BCUT2D eigenvalue weighted by Crippen LogP contribution is 2.22. The van der Waals surface area contributed by atoms with E-state index in [2.05, 4.69) is 15.5 Å². The number of hydrogen-bond acceptors (Lipinski definition) is 7. The normalized spacial score (nSPS) is 10.2. The molecule has 0 atom stereocenters. The minimum absolute atomic E-state index is 0.0760. The van der Waals surface area contributed by atoms with Gasteiger partial charge in [-0.15, -0.1) is 0 Å². The van der Waals surface area contributed by atoms with Gasteiger partial charge in [-0.2, -0.15) is 5.10 Å². The van der Waals surface area contributed by atoms with Crippen molar-refractivity contribution in [3.8, 4) is 5.82 Å². The van der Waals surface area contributed by atoms with E-state index in [1.54, 1.807) is 0 Å². The highest BCUT2D eigenvalue weighted by Gasteiger charge is 2.19. The van der Waals surface area contributed by atoms with Crippen LogP contribution >= 0.6 is 0 Å². The fraction of sp³-hybridized carbons (Fsp3) is 0. The van der Waals surface area contributed by atoms with Crippen molar-refractivity contribution in [1.29, 1.82) is 0 Å². The molecule has 2 heterocycles. The Balaban J connectivity index is 2.57. The summed E-state index contributed by atoms with van der Waals surface area (Å²) in [6.07, 6.45) is 2.44. The molecule has 2 rings (SSSR count). The Kier molecular flexibility index (Phi) is 3.08. The molecule has 0 saturated heterocycles. The van der Waals surface area contributed by atoms with Crippen molar-refractivity contribution in [2.75, 3.05) is 5.43 Å². The van der Waals surface area contributed by atoms with Gasteiger partial charge in [0.15, 0.2) is 0 Å². The first-order valence-corrected chi connectivity index (χ1v) is 5.00. The molecule has 1 amide bonds. The van der Waals surface area contributed by atoms with Crippen LogP contribution in [0.5, 0.6) is 0 Å². The van der Waals surface area contributed by atoms with Gasteiger partial charge in [-0.25, -0.2) is 15.5 Å². The Morgan fingerprint density at radius 1 is 1.47 bits per heavy atom. The maximum atomic E-state index is 11.0. The number of nitrogens with zero attached hydrogens (tertiary/aromatic N) is 4. The fourth-order valence-electron chi connectivity index (χ4n) is 1.40. The van der Waals surface area contributed by atoms with Crippen molar-refractivity contribution < 1.29 is 9.72 Å². The number of anilines is 1. The lowest BCUT2D eigenvalue weighted by molar-refractivity contribution is -0.384. The smallest absolute Gasteiger partial charge is 0.313 e. The van der Waals surface area contributed by atoms with Crippen LogP contribution in [0.4, 0.5) is 11.5 Å². The second-order valence-corrected chi connectivity index (χ2v) is 3.48. The molecule has 0 aliphatic rings. The second kappa shape index (κ2) is 4.70. The minimum Gasteiger partial charge on any atom is -0.366 e. The largest absolute Gasteiger partial charge is 0.366 e. The van der Waals surface area contributed by atoms with Gasteiger partial charge in [-0.05, 0) is 6.07 Å². The molecule has 0 unspecified atom stereocenters. The lowest BCUT2D eigenvalue weighted by Gasteiger charge is -2.04. The first-order chi connectivity index (χ1) is 9.02. The molecule has 0 radical (unpaired) electrons. The summed E-state index contributed by atoms with van der Waals surface area (Å²) in [5.74, 6) is 4.64. The fourth-order valence-corrected chi connectivity index (χ4v) is 1.40. The van der Waals surface area contributed by atoms with Gasteiger partial charge in [0.25, 0.3) is 5.91 Å². The number of amides is 1. The van der Waals surface area contributed by atoms with E-state index < -0.39 is 10.8 Å². The average Bonchev–Trinajstić information content (AvgIpc) is 2.87. The molecule has 10 heteroatoms. The summed E-state index contributed by atoms with van der Waals surface area (Å²) < 4.78 is 1.08. The number of carbonyl (C=O) groups excluding carboxylic acids is 1. The number of primary amides is 1. The first-order valence-electron chi connectivity index (χ1n) is 5.00. The first kappa shape index (κ1) is 12.4. The number of hydrogen-bond donors (Lipinski definition) is 3. The summed E-state index contributed by atoms with van der Waals surface area (Å²) in [4.78, 5) is 25.2. The summed E-state index contributed by atoms with van der Waals surface area (Å²) in [6.45, 7) is 0. The Labute approximate surface area is 106 Å². The molecule has 2 aromatic rings. The number of pyridine rings is 1. The Hall–Kier alpha value is -3.01. The number of nitrogen functional groups attached to an aromatic ring is 1. The van der Waals surface area contributed by atoms with Crippen molar-refractivity contribution in [1.82, 2.24) is 14.8 Å². The predicted molar refractivity (Wildman–Crippen MR) is 64.3 cm³/mol. The third-order valence-electron chi connectivity index (χ3n) is 2.28. The highest BCUT2D eigenvalue weighted by molar-refractivity contribution is 5.92. The SMILES string of the molecule is NNc1ccc([N+](=O)[O-])c(-n2cc(C(N)=O)cn2)n1. The molecular weight excluding hydrogens is 254 g/mol. The molecule has 0 aliphatic heterocycles. The summed E-state index contributed by atoms with van der Waals surface area (Å²) in [5.41, 5.74) is 7.18. The number of rotatable bonds is 4. The molecule has 19 heavy (non-hydrogen) atoms. The van der Waals surface area contributed by atoms with E-state index in [9.17, 15) is 14.9 Å². The van der Waals surface area contributed by atoms with E-state index in [0.717, 1.165) is 4.68 Å². The van der Waals surface area contributed by atoms with Gasteiger partial charge in [0.05, 0.1) is 16.7 Å². The van der Waals surface area contributed by atoms with Crippen LogP contribution in [0.3, 0.4) is 0 Å². The van der Waals surface area contributed by atoms with Crippen LogP contribution in [0.25, 0.3) is 5.82 Å². The Morgan fingerprint density at radius 2 is 2.21 bits per heavy atom. The number of nitro groups is 1. The third kappa shape index (κ3) is 2.32. The quantitative estimate of drug-likeness (QED) is 0.383.